The number of amides is 1. The fourth-order valence-corrected chi connectivity index (χ4v) is 1.79. The Bertz CT molecular complexity index is 340. The Morgan fingerprint density at radius 3 is 3.07 bits per heavy atom. The first-order valence-corrected chi connectivity index (χ1v) is 5.34. The molecule has 1 aliphatic heterocycles. The van der Waals surface area contributed by atoms with Gasteiger partial charge >= 0.3 is 0 Å². The van der Waals surface area contributed by atoms with Gasteiger partial charge in [-0.1, -0.05) is 0 Å². The average Bonchev–Trinajstić information content (AvgIpc) is 2.66. The fraction of sp³-hybridized carbons (Fsp3) is 0.545. The second-order valence-electron chi connectivity index (χ2n) is 3.93. The number of aryl methyl sites for hydroxylation is 1. The van der Waals surface area contributed by atoms with Crippen LogP contribution < -0.4 is 10.6 Å². The summed E-state index contributed by atoms with van der Waals surface area (Å²) < 4.78 is 5.25. The van der Waals surface area contributed by atoms with E-state index in [1.165, 1.54) is 0 Å². The molecule has 4 heteroatoms. The highest BCUT2D eigenvalue weighted by molar-refractivity contribution is 5.91. The topological polar surface area (TPSA) is 54.3 Å². The zero-order valence-corrected chi connectivity index (χ0v) is 8.88. The summed E-state index contributed by atoms with van der Waals surface area (Å²) in [4.78, 5) is 11.7. The summed E-state index contributed by atoms with van der Waals surface area (Å²) in [5.41, 5.74) is 0. The van der Waals surface area contributed by atoms with E-state index >= 15 is 0 Å². The summed E-state index contributed by atoms with van der Waals surface area (Å²) in [7, 11) is 0. The van der Waals surface area contributed by atoms with E-state index in [2.05, 4.69) is 10.6 Å². The lowest BCUT2D eigenvalue weighted by Gasteiger charge is -2.23. The van der Waals surface area contributed by atoms with Gasteiger partial charge in [0.15, 0.2) is 5.76 Å². The molecule has 0 unspecified atom stereocenters. The van der Waals surface area contributed by atoms with E-state index in [1.807, 2.05) is 6.92 Å². The van der Waals surface area contributed by atoms with Crippen molar-refractivity contribution in [3.8, 4) is 0 Å². The molecule has 1 aliphatic rings. The van der Waals surface area contributed by atoms with E-state index in [-0.39, 0.29) is 11.9 Å². The summed E-state index contributed by atoms with van der Waals surface area (Å²) in [5, 5.41) is 6.20. The minimum absolute atomic E-state index is 0.114. The van der Waals surface area contributed by atoms with Crippen molar-refractivity contribution < 1.29 is 9.21 Å². The molecule has 0 bridgehead atoms. The smallest absolute Gasteiger partial charge is 0.287 e. The second kappa shape index (κ2) is 4.49. The van der Waals surface area contributed by atoms with Crippen molar-refractivity contribution in [3.63, 3.8) is 0 Å². The van der Waals surface area contributed by atoms with Crippen LogP contribution in [0.25, 0.3) is 0 Å². The SMILES string of the molecule is Cc1ccc(C(=O)N[C@H]2CCCNC2)o1. The maximum Gasteiger partial charge on any atom is 0.287 e. The molecule has 0 radical (unpaired) electrons. The number of hydrogen-bond donors (Lipinski definition) is 2. The molecule has 0 spiro atoms. The first-order chi connectivity index (χ1) is 7.25. The Morgan fingerprint density at radius 1 is 1.60 bits per heavy atom. The number of piperidine rings is 1. The third-order valence-corrected chi connectivity index (χ3v) is 2.60. The van der Waals surface area contributed by atoms with E-state index in [0.717, 1.165) is 31.7 Å². The van der Waals surface area contributed by atoms with Gasteiger partial charge in [-0.3, -0.25) is 4.79 Å². The summed E-state index contributed by atoms with van der Waals surface area (Å²) in [5.74, 6) is 1.05. The lowest BCUT2D eigenvalue weighted by molar-refractivity contribution is 0.0901. The van der Waals surface area contributed by atoms with E-state index in [9.17, 15) is 4.79 Å². The van der Waals surface area contributed by atoms with Crippen LogP contribution in [0.2, 0.25) is 0 Å². The molecular formula is C11H16N2O2. The summed E-state index contributed by atoms with van der Waals surface area (Å²) in [6.45, 7) is 3.73. The van der Waals surface area contributed by atoms with Crippen molar-refractivity contribution in [1.82, 2.24) is 10.6 Å². The Morgan fingerprint density at radius 2 is 2.47 bits per heavy atom. The highest BCUT2D eigenvalue weighted by Gasteiger charge is 2.17. The zero-order valence-electron chi connectivity index (χ0n) is 8.88. The highest BCUT2D eigenvalue weighted by Crippen LogP contribution is 2.08. The monoisotopic (exact) mass is 208 g/mol. The molecule has 1 aromatic rings. The predicted molar refractivity (Wildman–Crippen MR) is 56.8 cm³/mol. The molecule has 0 aromatic carbocycles. The standard InChI is InChI=1S/C11H16N2O2/c1-8-4-5-10(15-8)11(14)13-9-3-2-6-12-7-9/h4-5,9,12H,2-3,6-7H2,1H3,(H,13,14)/t9-/m0/s1. The van der Waals surface area contributed by atoms with Crippen molar-refractivity contribution in [1.29, 1.82) is 0 Å². The van der Waals surface area contributed by atoms with Crippen molar-refractivity contribution in [2.24, 2.45) is 0 Å². The first-order valence-electron chi connectivity index (χ1n) is 5.34. The number of furan rings is 1. The molecule has 1 saturated heterocycles. The Labute approximate surface area is 89.0 Å². The van der Waals surface area contributed by atoms with Gasteiger partial charge in [-0.25, -0.2) is 0 Å². The molecule has 15 heavy (non-hydrogen) atoms. The maximum absolute atomic E-state index is 11.7. The van der Waals surface area contributed by atoms with Crippen LogP contribution in [0.15, 0.2) is 16.5 Å². The van der Waals surface area contributed by atoms with Gasteiger partial charge in [-0.15, -0.1) is 0 Å². The largest absolute Gasteiger partial charge is 0.456 e. The molecule has 2 heterocycles. The number of carbonyl (C=O) groups is 1. The van der Waals surface area contributed by atoms with Gasteiger partial charge in [0.05, 0.1) is 0 Å². The van der Waals surface area contributed by atoms with Crippen LogP contribution in [0.3, 0.4) is 0 Å². The number of nitrogens with one attached hydrogen (secondary N) is 2. The van der Waals surface area contributed by atoms with Gasteiger partial charge in [0.25, 0.3) is 5.91 Å². The zero-order chi connectivity index (χ0) is 10.7. The van der Waals surface area contributed by atoms with E-state index in [1.54, 1.807) is 12.1 Å². The van der Waals surface area contributed by atoms with Gasteiger partial charge in [-0.05, 0) is 38.4 Å². The molecule has 1 fully saturated rings. The summed E-state index contributed by atoms with van der Waals surface area (Å²) in [6, 6.07) is 3.74. The Balaban J connectivity index is 1.91. The average molecular weight is 208 g/mol. The highest BCUT2D eigenvalue weighted by atomic mass is 16.3. The Kier molecular flexibility index (Phi) is 3.06. The molecule has 0 saturated carbocycles. The summed E-state index contributed by atoms with van der Waals surface area (Å²) >= 11 is 0. The van der Waals surface area contributed by atoms with E-state index < -0.39 is 0 Å². The van der Waals surface area contributed by atoms with Crippen LogP contribution in [0.1, 0.15) is 29.2 Å². The van der Waals surface area contributed by atoms with Crippen LogP contribution >= 0.6 is 0 Å². The molecule has 1 atom stereocenters. The van der Waals surface area contributed by atoms with Crippen molar-refractivity contribution in [2.75, 3.05) is 13.1 Å². The normalized spacial score (nSPS) is 21.3. The summed E-state index contributed by atoms with van der Waals surface area (Å²) in [6.07, 6.45) is 2.15. The quantitative estimate of drug-likeness (QED) is 0.764. The molecule has 1 aromatic heterocycles. The van der Waals surface area contributed by atoms with Crippen LogP contribution in [-0.4, -0.2) is 25.0 Å². The van der Waals surface area contributed by atoms with Crippen LogP contribution in [-0.2, 0) is 0 Å². The molecular weight excluding hydrogens is 192 g/mol. The third-order valence-electron chi connectivity index (χ3n) is 2.60. The van der Waals surface area contributed by atoms with Crippen LogP contribution in [0.5, 0.6) is 0 Å². The lowest BCUT2D eigenvalue weighted by atomic mass is 10.1. The molecule has 4 nitrogen and oxygen atoms in total. The predicted octanol–water partition coefficient (Wildman–Crippen LogP) is 1.07. The molecule has 82 valence electrons. The second-order valence-corrected chi connectivity index (χ2v) is 3.93. The fourth-order valence-electron chi connectivity index (χ4n) is 1.79. The maximum atomic E-state index is 11.7. The Hall–Kier alpha value is -1.29. The lowest BCUT2D eigenvalue weighted by Crippen LogP contribution is -2.45. The molecule has 1 amide bonds. The molecule has 2 N–H and O–H groups in total. The van der Waals surface area contributed by atoms with Gasteiger partial charge in [0.2, 0.25) is 0 Å². The number of carbonyl (C=O) groups excluding carboxylic acids is 1. The third kappa shape index (κ3) is 2.59. The van der Waals surface area contributed by atoms with Gasteiger partial charge < -0.3 is 15.1 Å². The van der Waals surface area contributed by atoms with Crippen molar-refractivity contribution in [3.05, 3.63) is 23.7 Å². The number of rotatable bonds is 2. The van der Waals surface area contributed by atoms with E-state index in [4.69, 9.17) is 4.42 Å². The number of hydrogen-bond acceptors (Lipinski definition) is 3. The molecule has 0 aliphatic carbocycles. The first kappa shape index (κ1) is 10.2. The minimum Gasteiger partial charge on any atom is -0.456 e. The van der Waals surface area contributed by atoms with E-state index in [0.29, 0.717) is 5.76 Å². The van der Waals surface area contributed by atoms with Crippen molar-refractivity contribution >= 4 is 5.91 Å². The van der Waals surface area contributed by atoms with Gasteiger partial charge in [-0.2, -0.15) is 0 Å². The van der Waals surface area contributed by atoms with Gasteiger partial charge in [0.1, 0.15) is 5.76 Å². The molecule has 2 rings (SSSR count). The van der Waals surface area contributed by atoms with Gasteiger partial charge in [0, 0.05) is 12.6 Å². The van der Waals surface area contributed by atoms with Crippen LogP contribution in [0, 0.1) is 6.92 Å². The van der Waals surface area contributed by atoms with Crippen LogP contribution in [0.4, 0.5) is 0 Å². The van der Waals surface area contributed by atoms with Crippen molar-refractivity contribution in [2.45, 2.75) is 25.8 Å². The minimum atomic E-state index is -0.114.